The van der Waals surface area contributed by atoms with Gasteiger partial charge in [-0.05, 0) is 38.3 Å². The SMILES string of the molecule is C=CC[Si](C)(C)/N=C(/O[Si](C)(C)CC=C)C(F)(F)F. The number of hydrogen-bond acceptors (Lipinski definition) is 2. The standard InChI is InChI=1S/C12H22F3NOSi2/c1-7-9-18(3,4)16-11(12(13,14)15)17-19(5,6)10-8-2/h7-8H,1-2,9-10H2,3-6H3/b16-11+. The van der Waals surface area contributed by atoms with Crippen LogP contribution < -0.4 is 0 Å². The summed E-state index contributed by atoms with van der Waals surface area (Å²) in [5, 5.41) is 0. The minimum atomic E-state index is -4.54. The Kier molecular flexibility index (Phi) is 6.27. The number of rotatable bonds is 6. The molecule has 0 rings (SSSR count). The summed E-state index contributed by atoms with van der Waals surface area (Å²) >= 11 is 0. The highest BCUT2D eigenvalue weighted by atomic mass is 28.4. The molecule has 0 aromatic rings. The maximum atomic E-state index is 13.0. The molecule has 0 aromatic heterocycles. The van der Waals surface area contributed by atoms with Crippen molar-refractivity contribution in [2.24, 2.45) is 4.66 Å². The number of allylic oxidation sites excluding steroid dienone is 2. The van der Waals surface area contributed by atoms with Crippen molar-refractivity contribution >= 4 is 22.5 Å². The largest absolute Gasteiger partial charge is 0.528 e. The van der Waals surface area contributed by atoms with E-state index in [1.165, 1.54) is 0 Å². The second kappa shape index (κ2) is 6.56. The lowest BCUT2D eigenvalue weighted by Gasteiger charge is -2.27. The highest BCUT2D eigenvalue weighted by Crippen LogP contribution is 2.25. The maximum absolute atomic E-state index is 13.0. The average Bonchev–Trinajstić information content (AvgIpc) is 2.13. The van der Waals surface area contributed by atoms with Crippen LogP contribution in [-0.4, -0.2) is 28.6 Å². The van der Waals surface area contributed by atoms with Gasteiger partial charge >= 0.3 is 6.18 Å². The monoisotopic (exact) mass is 309 g/mol. The minimum absolute atomic E-state index is 0.450. The summed E-state index contributed by atoms with van der Waals surface area (Å²) in [7, 11) is -4.85. The summed E-state index contributed by atoms with van der Waals surface area (Å²) in [4.78, 5) is 0. The Morgan fingerprint density at radius 1 is 1.11 bits per heavy atom. The minimum Gasteiger partial charge on any atom is -0.528 e. The van der Waals surface area contributed by atoms with Crippen molar-refractivity contribution in [2.75, 3.05) is 0 Å². The van der Waals surface area contributed by atoms with Crippen molar-refractivity contribution in [3.63, 3.8) is 0 Å². The zero-order valence-corrected chi connectivity index (χ0v) is 14.0. The topological polar surface area (TPSA) is 21.6 Å². The van der Waals surface area contributed by atoms with Crippen LogP contribution in [0.15, 0.2) is 30.0 Å². The Balaban J connectivity index is 5.30. The third-order valence-electron chi connectivity index (χ3n) is 2.30. The lowest BCUT2D eigenvalue weighted by molar-refractivity contribution is -0.0713. The summed E-state index contributed by atoms with van der Waals surface area (Å²) in [5.41, 5.74) is 0. The van der Waals surface area contributed by atoms with Gasteiger partial charge < -0.3 is 4.43 Å². The Bertz CT molecular complexity index is 362. The molecule has 0 aromatic carbocycles. The molecule has 0 aliphatic carbocycles. The van der Waals surface area contributed by atoms with Gasteiger partial charge in [0.2, 0.25) is 0 Å². The van der Waals surface area contributed by atoms with E-state index >= 15 is 0 Å². The van der Waals surface area contributed by atoms with Crippen LogP contribution in [0.4, 0.5) is 13.2 Å². The van der Waals surface area contributed by atoms with Crippen LogP contribution in [0.1, 0.15) is 0 Å². The number of nitrogens with zero attached hydrogens (tertiary/aromatic N) is 1. The lowest BCUT2D eigenvalue weighted by Crippen LogP contribution is -2.41. The van der Waals surface area contributed by atoms with E-state index in [9.17, 15) is 13.2 Å². The lowest BCUT2D eigenvalue weighted by atomic mass is 10.7. The van der Waals surface area contributed by atoms with Crippen LogP contribution >= 0.6 is 0 Å². The molecule has 2 nitrogen and oxygen atoms in total. The van der Waals surface area contributed by atoms with E-state index in [1.54, 1.807) is 38.3 Å². The molecule has 19 heavy (non-hydrogen) atoms. The van der Waals surface area contributed by atoms with Crippen LogP contribution in [0.2, 0.25) is 38.3 Å². The van der Waals surface area contributed by atoms with Crippen LogP contribution in [0, 0.1) is 0 Å². The Hall–Kier alpha value is -0.826. The van der Waals surface area contributed by atoms with Crippen molar-refractivity contribution in [3.8, 4) is 0 Å². The first kappa shape index (κ1) is 18.2. The molecule has 0 aliphatic rings. The van der Waals surface area contributed by atoms with Crippen LogP contribution in [-0.2, 0) is 4.43 Å². The molecule has 110 valence electrons. The number of hydrogen-bond donors (Lipinski definition) is 0. The van der Waals surface area contributed by atoms with Crippen LogP contribution in [0.25, 0.3) is 0 Å². The Morgan fingerprint density at radius 3 is 1.95 bits per heavy atom. The van der Waals surface area contributed by atoms with Crippen molar-refractivity contribution in [2.45, 2.75) is 44.5 Å². The third kappa shape index (κ3) is 7.36. The first-order valence-electron chi connectivity index (χ1n) is 6.01. The molecule has 0 amide bonds. The van der Waals surface area contributed by atoms with Crippen molar-refractivity contribution < 1.29 is 17.6 Å². The molecule has 0 saturated carbocycles. The highest BCUT2D eigenvalue weighted by Gasteiger charge is 2.42. The van der Waals surface area contributed by atoms with Gasteiger partial charge in [0.05, 0.1) is 0 Å². The fraction of sp³-hybridized carbons (Fsp3) is 0.583. The summed E-state index contributed by atoms with van der Waals surface area (Å²) < 4.78 is 48.1. The molecule has 0 fully saturated rings. The van der Waals surface area contributed by atoms with E-state index in [2.05, 4.69) is 17.8 Å². The summed E-state index contributed by atoms with van der Waals surface area (Å²) in [6, 6.07) is 0.935. The van der Waals surface area contributed by atoms with E-state index in [4.69, 9.17) is 4.43 Å². The second-order valence-corrected chi connectivity index (χ2v) is 14.0. The number of alkyl halides is 3. The van der Waals surface area contributed by atoms with Crippen molar-refractivity contribution in [1.82, 2.24) is 0 Å². The molecular formula is C12H22F3NOSi2. The van der Waals surface area contributed by atoms with Gasteiger partial charge in [-0.15, -0.1) is 13.2 Å². The van der Waals surface area contributed by atoms with Gasteiger partial charge in [0.25, 0.3) is 14.2 Å². The summed E-state index contributed by atoms with van der Waals surface area (Å²) in [6.45, 7) is 14.1. The van der Waals surface area contributed by atoms with Gasteiger partial charge in [-0.1, -0.05) is 12.2 Å². The Morgan fingerprint density at radius 2 is 1.58 bits per heavy atom. The van der Waals surface area contributed by atoms with Gasteiger partial charge in [-0.25, -0.2) is 0 Å². The molecular weight excluding hydrogens is 287 g/mol. The molecule has 7 heteroatoms. The highest BCUT2D eigenvalue weighted by molar-refractivity contribution is 6.78. The van der Waals surface area contributed by atoms with Gasteiger partial charge in [-0.2, -0.15) is 13.2 Å². The normalized spacial score (nSPS) is 14.2. The van der Waals surface area contributed by atoms with Crippen LogP contribution in [0.5, 0.6) is 0 Å². The molecule has 0 N–H and O–H groups in total. The van der Waals surface area contributed by atoms with E-state index < -0.39 is 28.6 Å². The molecule has 0 unspecified atom stereocenters. The first-order chi connectivity index (χ1) is 8.43. The summed E-state index contributed by atoms with van der Waals surface area (Å²) in [5.74, 6) is -1.08. The fourth-order valence-corrected chi connectivity index (χ4v) is 4.54. The maximum Gasteiger partial charge on any atom is 0.465 e. The van der Waals surface area contributed by atoms with Crippen molar-refractivity contribution in [1.29, 1.82) is 0 Å². The van der Waals surface area contributed by atoms with Gasteiger partial charge in [0.1, 0.15) is 0 Å². The molecule has 0 atom stereocenters. The zero-order chi connectivity index (χ0) is 15.3. The predicted octanol–water partition coefficient (Wildman–Crippen LogP) is 4.75. The molecule has 0 bridgehead atoms. The summed E-state index contributed by atoms with van der Waals surface area (Å²) in [6.07, 6.45) is -1.35. The zero-order valence-electron chi connectivity index (χ0n) is 12.0. The molecule has 0 radical (unpaired) electrons. The Labute approximate surface area is 115 Å². The average molecular weight is 309 g/mol. The molecule has 0 saturated heterocycles. The molecule has 0 aliphatic heterocycles. The molecule has 0 spiro atoms. The smallest absolute Gasteiger partial charge is 0.465 e. The quantitative estimate of drug-likeness (QED) is 0.300. The fourth-order valence-electron chi connectivity index (χ4n) is 1.47. The third-order valence-corrected chi connectivity index (χ3v) is 6.41. The van der Waals surface area contributed by atoms with E-state index in [0.717, 1.165) is 0 Å². The van der Waals surface area contributed by atoms with Crippen LogP contribution in [0.3, 0.4) is 0 Å². The van der Waals surface area contributed by atoms with Gasteiger partial charge in [-0.3, -0.25) is 4.66 Å². The van der Waals surface area contributed by atoms with Gasteiger partial charge in [0, 0.05) is 0 Å². The predicted molar refractivity (Wildman–Crippen MR) is 79.5 cm³/mol. The molecule has 0 heterocycles. The van der Waals surface area contributed by atoms with Crippen molar-refractivity contribution in [3.05, 3.63) is 25.3 Å². The van der Waals surface area contributed by atoms with E-state index in [0.29, 0.717) is 12.1 Å². The number of halogens is 3. The van der Waals surface area contributed by atoms with E-state index in [-0.39, 0.29) is 0 Å². The first-order valence-corrected chi connectivity index (χ1v) is 12.3. The second-order valence-electron chi connectivity index (χ2n) is 5.57. The van der Waals surface area contributed by atoms with Gasteiger partial charge in [0.15, 0.2) is 8.24 Å². The van der Waals surface area contributed by atoms with E-state index in [1.807, 2.05) is 0 Å².